The number of aliphatic hydroxyl groups is 4. The van der Waals surface area contributed by atoms with Crippen molar-refractivity contribution in [3.63, 3.8) is 0 Å². The highest BCUT2D eigenvalue weighted by Gasteiger charge is 2.50. The number of hydrogen-bond acceptors (Lipinski definition) is 34. The minimum atomic E-state index is -2.13. The molecule has 146 heavy (non-hydrogen) atoms. The Morgan fingerprint density at radius 3 is 1.61 bits per heavy atom. The summed E-state index contributed by atoms with van der Waals surface area (Å²) in [5.41, 5.74) is -0.465. The molecule has 828 valence electrons. The highest BCUT2D eigenvalue weighted by molar-refractivity contribution is 6.15. The van der Waals surface area contributed by atoms with Crippen molar-refractivity contribution >= 4 is 82.9 Å². The normalized spacial score (nSPS) is 18.6. The van der Waals surface area contributed by atoms with Crippen molar-refractivity contribution in [3.8, 4) is 5.75 Å². The fourth-order valence-corrected chi connectivity index (χ4v) is 16.1. The second kappa shape index (κ2) is 69.5. The number of anilines is 1. The summed E-state index contributed by atoms with van der Waals surface area (Å²) in [6, 6.07) is 5.57. The molecule has 12 N–H and O–H groups in total. The van der Waals surface area contributed by atoms with E-state index in [2.05, 4.69) is 37.2 Å². The van der Waals surface area contributed by atoms with E-state index in [1.807, 2.05) is 45.9 Å². The molecule has 2 aromatic rings. The third-order valence-corrected chi connectivity index (χ3v) is 24.5. The van der Waals surface area contributed by atoms with Crippen LogP contribution in [-0.2, 0) is 135 Å². The lowest BCUT2D eigenvalue weighted by Crippen LogP contribution is -2.61. The number of unbranched alkanes of at least 4 members (excludes halogenated alkanes) is 1. The summed E-state index contributed by atoms with van der Waals surface area (Å²) in [6.45, 7) is 28.8. The highest BCUT2D eigenvalue weighted by Crippen LogP contribution is 2.35. The fourth-order valence-electron chi connectivity index (χ4n) is 16.1. The van der Waals surface area contributed by atoms with E-state index in [0.717, 1.165) is 17.1 Å². The van der Waals surface area contributed by atoms with Gasteiger partial charge in [-0.15, -0.1) is 0 Å². The molecule has 3 aliphatic heterocycles. The number of imide groups is 1. The average Bonchev–Trinajstić information content (AvgIpc) is 1.34. The Kier molecular flexibility index (Phi) is 60.2. The molecule has 0 aliphatic carbocycles. The van der Waals surface area contributed by atoms with Crippen LogP contribution in [0, 0.1) is 29.6 Å². The Balaban J connectivity index is 1.15. The van der Waals surface area contributed by atoms with Crippen LogP contribution < -0.4 is 42.0 Å². The molecule has 46 heteroatoms. The topological polar surface area (TPSA) is 577 Å². The van der Waals surface area contributed by atoms with Crippen LogP contribution in [0.3, 0.4) is 0 Å². The maximum Gasteiger partial charge on any atom is 0.410 e. The Labute approximate surface area is 856 Å². The summed E-state index contributed by atoms with van der Waals surface area (Å²) in [5.74, 6) is -11.0. The lowest BCUT2D eigenvalue weighted by Gasteiger charge is -2.41. The van der Waals surface area contributed by atoms with Gasteiger partial charge in [0.15, 0.2) is 6.10 Å². The molecule has 1 unspecified atom stereocenters. The van der Waals surface area contributed by atoms with Crippen molar-refractivity contribution in [1.29, 1.82) is 0 Å². The van der Waals surface area contributed by atoms with Crippen molar-refractivity contribution in [2.24, 2.45) is 29.6 Å². The van der Waals surface area contributed by atoms with Crippen LogP contribution in [-0.4, -0.2) is 414 Å². The maximum atomic E-state index is 15.1. The molecule has 17 atom stereocenters. The number of carbonyl (C=O) groups excluding carboxylic acids is 12. The Hall–Kier alpha value is -9.83. The van der Waals surface area contributed by atoms with Gasteiger partial charge in [0, 0.05) is 84.9 Å². The van der Waals surface area contributed by atoms with E-state index in [9.17, 15) is 83.1 Å². The second-order valence-electron chi connectivity index (χ2n) is 37.4. The average molecular weight is 2080 g/mol. The summed E-state index contributed by atoms with van der Waals surface area (Å²) >= 11 is 0. The number of likely N-dealkylation sites (tertiary alicyclic amines) is 1. The lowest BCUT2D eigenvalue weighted by molar-refractivity contribution is -0.271. The summed E-state index contributed by atoms with van der Waals surface area (Å²) in [4.78, 5) is 184. The number of carboxylic acid groups (broad SMARTS) is 1. The van der Waals surface area contributed by atoms with Gasteiger partial charge in [0.05, 0.1) is 195 Å². The van der Waals surface area contributed by atoms with Gasteiger partial charge in [-0.25, -0.2) is 14.4 Å². The van der Waals surface area contributed by atoms with Crippen molar-refractivity contribution in [2.45, 2.75) is 238 Å². The van der Waals surface area contributed by atoms with Crippen LogP contribution in [0.4, 0.5) is 15.3 Å². The van der Waals surface area contributed by atoms with Gasteiger partial charge < -0.3 is 153 Å². The van der Waals surface area contributed by atoms with Crippen LogP contribution in [0.5, 0.6) is 5.75 Å². The number of alkyl carbamates (subject to hydrolysis) is 1. The summed E-state index contributed by atoms with van der Waals surface area (Å²) < 4.78 is 94.0. The van der Waals surface area contributed by atoms with Crippen molar-refractivity contribution in [3.05, 3.63) is 71.8 Å². The molecule has 46 nitrogen and oxygen atoms in total. The Morgan fingerprint density at radius 2 is 1.11 bits per heavy atom. The molecule has 2 saturated heterocycles. The van der Waals surface area contributed by atoms with Gasteiger partial charge in [-0.3, -0.25) is 57.7 Å². The Morgan fingerprint density at radius 1 is 0.575 bits per heavy atom. The number of nitrogens with one attached hydrogen (secondary N) is 7. The fraction of sp³-hybridized carbons (Fsp3) is 0.730. The number of hydrogen-bond donors (Lipinski definition) is 12. The number of aliphatic carboxylic acids is 1. The van der Waals surface area contributed by atoms with Crippen LogP contribution in [0.25, 0.3) is 0 Å². The molecule has 3 aliphatic rings. The van der Waals surface area contributed by atoms with E-state index in [4.69, 9.17) is 80.5 Å². The van der Waals surface area contributed by atoms with Gasteiger partial charge in [0.25, 0.3) is 11.8 Å². The predicted octanol–water partition coefficient (Wildman–Crippen LogP) is 2.72. The van der Waals surface area contributed by atoms with Crippen LogP contribution in [0.2, 0.25) is 0 Å². The number of methoxy groups -OCH3 is 2. The Bertz CT molecular complexity index is 4250. The first-order chi connectivity index (χ1) is 69.7. The second-order valence-corrected chi connectivity index (χ2v) is 37.4. The number of carboxylic acids is 1. The lowest BCUT2D eigenvalue weighted by atomic mass is 9.86. The zero-order chi connectivity index (χ0) is 108. The van der Waals surface area contributed by atoms with Crippen LogP contribution >= 0.6 is 0 Å². The van der Waals surface area contributed by atoms with Crippen molar-refractivity contribution < 1.29 is 168 Å². The smallest absolute Gasteiger partial charge is 0.410 e. The van der Waals surface area contributed by atoms with Crippen molar-refractivity contribution in [2.75, 3.05) is 212 Å². The number of amides is 12. The summed E-state index contributed by atoms with van der Waals surface area (Å²) in [6.07, 6.45) is -10.9. The molecule has 0 spiro atoms. The molecule has 0 bridgehead atoms. The van der Waals surface area contributed by atoms with E-state index >= 15 is 4.79 Å². The van der Waals surface area contributed by atoms with Gasteiger partial charge in [-0.2, -0.15) is 0 Å². The minimum absolute atomic E-state index is 0.0111. The van der Waals surface area contributed by atoms with Gasteiger partial charge in [-0.05, 0) is 107 Å². The number of nitrogens with zero attached hydrogens (tertiary/aromatic N) is 4. The maximum absolute atomic E-state index is 15.1. The van der Waals surface area contributed by atoms with E-state index in [1.54, 1.807) is 86.6 Å². The quantitative estimate of drug-likeness (QED) is 0.0334. The third-order valence-electron chi connectivity index (χ3n) is 24.5. The molecule has 2 aromatic carbocycles. The summed E-state index contributed by atoms with van der Waals surface area (Å²) in [7, 11) is 6.00. The molecular weight excluding hydrogens is 1920 g/mol. The van der Waals surface area contributed by atoms with Gasteiger partial charge in [-0.1, -0.05) is 98.2 Å². The van der Waals surface area contributed by atoms with Gasteiger partial charge in [0.1, 0.15) is 60.4 Å². The third kappa shape index (κ3) is 45.7. The van der Waals surface area contributed by atoms with Crippen LogP contribution in [0.1, 0.15) is 158 Å². The first kappa shape index (κ1) is 127. The van der Waals surface area contributed by atoms with Gasteiger partial charge >= 0.3 is 18.2 Å². The standard InChI is InChI=1S/C100H163N11O35/c1-17-66(6)85(77(131-16)61-82(116)110-36-23-27-74(110)67(7)68(8)91(121)104-69(9)86(117)71-24-19-18-20-25-71)108(13)95(125)83(64(2)3)107-94(124)84(65(4)5)109(14)99(129)143-63-70-28-29-76(144-97-89(120)87(118)88(119)90(145-97)96(126)127)73(60-70)105-79(113)32-35-102-92(122)72(106-93(123)75(111-80(114)30-31-81(111)115)62-103-98(128)146-100(10,11)12)26-21-22-34-101-78(112)33-37-132-40-41-134-44-45-136-48-49-138-52-53-140-56-57-142-59-58-141-55-54-139-51-50-137-47-46-135-43-42-133-39-38-130-15/h18-20,24-25,28-31,60,64-69,72,74-75,77,83-90,97,117-120H,17,21-23,26-27,32-59,61-63H2,1-16H3,(H,101,112)(H,102,122)(H,103,128)(H,104,121)(H,105,113)(H,106,123)(H,107,124)(H,126,127)/t66-,67+,68+,69+,72-,74-,75-,77?,83-,84-,85-,86+,87-,88-,89+,90-,97+/m0/s1. The molecule has 5 rings (SSSR count). The molecule has 0 saturated carbocycles. The molecular formula is C100H163N11O35. The first-order valence-electron chi connectivity index (χ1n) is 50.2. The zero-order valence-electron chi connectivity index (χ0n) is 87.7. The number of benzene rings is 2. The zero-order valence-corrected chi connectivity index (χ0v) is 87.7. The number of likely N-dealkylation sites (N-methyl/N-ethyl adjacent to an activating group) is 2. The number of rotatable bonds is 75. The molecule has 3 heterocycles. The van der Waals surface area contributed by atoms with Gasteiger partial charge in [0.2, 0.25) is 53.5 Å². The van der Waals surface area contributed by atoms with E-state index in [1.165, 1.54) is 37.3 Å². The van der Waals surface area contributed by atoms with E-state index < -0.39 is 188 Å². The highest BCUT2D eigenvalue weighted by atomic mass is 16.7. The molecule has 12 amide bonds. The first-order valence-corrected chi connectivity index (χ1v) is 50.2. The molecule has 2 fully saturated rings. The molecule has 0 radical (unpaired) electrons. The van der Waals surface area contributed by atoms with E-state index in [0.29, 0.717) is 162 Å². The minimum Gasteiger partial charge on any atom is -0.479 e. The largest absolute Gasteiger partial charge is 0.479 e. The number of carbonyl (C=O) groups is 13. The molecule has 0 aromatic heterocycles. The monoisotopic (exact) mass is 2080 g/mol. The van der Waals surface area contributed by atoms with E-state index in [-0.39, 0.29) is 118 Å². The van der Waals surface area contributed by atoms with Crippen LogP contribution in [0.15, 0.2) is 60.7 Å². The van der Waals surface area contributed by atoms with Crippen molar-refractivity contribution in [1.82, 2.24) is 51.5 Å². The number of ether oxygens (including phenoxy) is 17. The predicted molar refractivity (Wildman–Crippen MR) is 528 cm³/mol. The summed E-state index contributed by atoms with van der Waals surface area (Å²) in [5, 5.41) is 72.0. The number of aliphatic hydroxyl groups excluding tert-OH is 4. The SMILES string of the molecule is CC[C@H](C)[C@@H](C(CC(=O)N1CCC[C@H]1[C@H](C)[C@@H](C)C(=O)N[C@H](C)[C@@H](O)c1ccccc1)OC)N(C)C(=O)[C@@H](NC(=O)[C@H](C(C)C)N(C)C(=O)OCc1ccc(O[C@@H]2O[C@H](C(=O)O)[C@@H](O)[C@H](O)[C@H]2O)c(NC(=O)CCNC(=O)[C@H](CCCCNC(=O)CCOCCOCCOCCOCCOCCOCCOCCOCCOCCOCCOCCOC)NC(=O)[C@H](CNC(=O)OC(C)(C)C)N2C(=O)C=CC2=O)c1)C(C)C.